The fraction of sp³-hybridized carbons (Fsp3) is 0.467. The Hall–Kier alpha value is -3.29. The summed E-state index contributed by atoms with van der Waals surface area (Å²) in [7, 11) is -4.72. The van der Waals surface area contributed by atoms with Crippen molar-refractivity contribution in [2.24, 2.45) is 5.41 Å². The molecule has 1 aliphatic heterocycles. The third-order valence-corrected chi connectivity index (χ3v) is 8.00. The largest absolute Gasteiger partial charge is 0.469 e. The number of aliphatic hydroxyl groups is 2. The van der Waals surface area contributed by atoms with Gasteiger partial charge in [0, 0.05) is 0 Å². The van der Waals surface area contributed by atoms with E-state index in [9.17, 15) is 19.6 Å². The van der Waals surface area contributed by atoms with Gasteiger partial charge in [0.15, 0.2) is 17.7 Å². The van der Waals surface area contributed by atoms with Gasteiger partial charge >= 0.3 is 7.82 Å². The molecule has 0 aromatic carbocycles. The maximum absolute atomic E-state index is 10.7. The Labute approximate surface area is 256 Å². The Bertz CT molecular complexity index is 1520. The van der Waals surface area contributed by atoms with Crippen molar-refractivity contribution < 1.29 is 38.6 Å². The number of nitrogens with two attached hydrogens (primary N) is 1. The van der Waals surface area contributed by atoms with Crippen molar-refractivity contribution >= 4 is 31.1 Å². The number of hydrogen-bond donors (Lipinski definition) is 5. The number of phosphoric acid groups is 1. The number of aliphatic hydroxyl groups excluding tert-OH is 2. The van der Waals surface area contributed by atoms with Crippen LogP contribution in [0.1, 0.15) is 60.1 Å². The molecular formula is C30H42N5O8P. The number of nitrogen functional groups attached to an aromatic ring is 1. The van der Waals surface area contributed by atoms with Crippen LogP contribution in [0, 0.1) is 5.41 Å². The summed E-state index contributed by atoms with van der Waals surface area (Å²) in [5, 5.41) is 20.1. The molecule has 1 aliphatic carbocycles. The van der Waals surface area contributed by atoms with Gasteiger partial charge in [-0.2, -0.15) is 0 Å². The van der Waals surface area contributed by atoms with Gasteiger partial charge in [0.1, 0.15) is 36.4 Å². The summed E-state index contributed by atoms with van der Waals surface area (Å²) in [6.45, 7) is 10.4. The molecule has 13 nitrogen and oxygen atoms in total. The molecule has 4 atom stereocenters. The fourth-order valence-corrected chi connectivity index (χ4v) is 5.46. The molecule has 3 heterocycles. The zero-order chi connectivity index (χ0) is 32.7. The van der Waals surface area contributed by atoms with Crippen LogP contribution in [-0.2, 0) is 18.6 Å². The minimum Gasteiger partial charge on any atom is -0.387 e. The van der Waals surface area contributed by atoms with E-state index < -0.39 is 39.0 Å². The van der Waals surface area contributed by atoms with Crippen LogP contribution < -0.4 is 5.73 Å². The standard InChI is InChI=1S/C20H28O.C10H14N5O7P/c1-16(8-6-9-17(2)13-15-21)11-12-19-18(3)10-7-14-20(19,4)5;11-8-5-9(13-2-12-8)15(3-14-5)10-7(17)6(16)4(22-10)1-21-23(18,19)20/h6,8-9,11-13,15H,7,10,14H2,1-5H3;2-4,6-7,10,16-17H,1H2,(H2,11,12,13)(H2,18,19,20)/t;4-,6-,7-,10-/m.1/s1. The molecule has 240 valence electrons. The number of phosphoric ester groups is 1. The first-order valence-corrected chi connectivity index (χ1v) is 15.7. The van der Waals surface area contributed by atoms with E-state index in [1.54, 1.807) is 6.08 Å². The van der Waals surface area contributed by atoms with Crippen LogP contribution in [0.2, 0.25) is 0 Å². The van der Waals surface area contributed by atoms with Gasteiger partial charge in [0.2, 0.25) is 0 Å². The number of nitrogens with zero attached hydrogens (tertiary/aromatic N) is 4. The highest BCUT2D eigenvalue weighted by Gasteiger charge is 2.45. The summed E-state index contributed by atoms with van der Waals surface area (Å²) in [5.41, 5.74) is 11.7. The first-order valence-electron chi connectivity index (χ1n) is 14.1. The van der Waals surface area contributed by atoms with Gasteiger partial charge in [0.25, 0.3) is 0 Å². The van der Waals surface area contributed by atoms with E-state index in [4.69, 9.17) is 20.3 Å². The van der Waals surface area contributed by atoms with E-state index in [2.05, 4.69) is 65.4 Å². The molecule has 2 aromatic rings. The predicted octanol–water partition coefficient (Wildman–Crippen LogP) is 3.85. The number of anilines is 1. The van der Waals surface area contributed by atoms with E-state index in [0.717, 1.165) is 11.9 Å². The number of hydrogen-bond acceptors (Lipinski definition) is 10. The smallest absolute Gasteiger partial charge is 0.387 e. The predicted molar refractivity (Wildman–Crippen MR) is 166 cm³/mol. The van der Waals surface area contributed by atoms with Gasteiger partial charge in [-0.3, -0.25) is 13.9 Å². The molecule has 2 aromatic heterocycles. The lowest BCUT2D eigenvalue weighted by Crippen LogP contribution is -2.33. The number of aromatic nitrogens is 4. The number of carbonyl (C=O) groups is 1. The number of imidazole rings is 1. The highest BCUT2D eigenvalue weighted by Crippen LogP contribution is 2.41. The van der Waals surface area contributed by atoms with Crippen molar-refractivity contribution in [1.29, 1.82) is 0 Å². The molecule has 44 heavy (non-hydrogen) atoms. The molecule has 4 rings (SSSR count). The topological polar surface area (TPSA) is 203 Å². The lowest BCUT2D eigenvalue weighted by molar-refractivity contribution is -0.104. The first-order chi connectivity index (χ1) is 20.6. The fourth-order valence-electron chi connectivity index (χ4n) is 5.12. The minimum absolute atomic E-state index is 0.142. The minimum atomic E-state index is -4.72. The number of rotatable bonds is 9. The van der Waals surface area contributed by atoms with Crippen molar-refractivity contribution in [1.82, 2.24) is 19.5 Å². The van der Waals surface area contributed by atoms with E-state index in [1.807, 2.05) is 19.1 Å². The molecule has 0 bridgehead atoms. The van der Waals surface area contributed by atoms with Crippen LogP contribution in [-0.4, -0.2) is 70.7 Å². The second-order valence-electron chi connectivity index (χ2n) is 11.5. The van der Waals surface area contributed by atoms with Crippen molar-refractivity contribution in [3.05, 3.63) is 71.4 Å². The van der Waals surface area contributed by atoms with Crippen LogP contribution in [0.25, 0.3) is 11.2 Å². The number of ether oxygens (including phenoxy) is 1. The van der Waals surface area contributed by atoms with Gasteiger partial charge in [-0.05, 0) is 62.7 Å². The van der Waals surface area contributed by atoms with Gasteiger partial charge in [0.05, 0.1) is 12.9 Å². The maximum Gasteiger partial charge on any atom is 0.469 e. The Balaban J connectivity index is 0.000000242. The van der Waals surface area contributed by atoms with Gasteiger partial charge in [-0.15, -0.1) is 0 Å². The Morgan fingerprint density at radius 3 is 2.52 bits per heavy atom. The third kappa shape index (κ3) is 9.35. The highest BCUT2D eigenvalue weighted by molar-refractivity contribution is 7.46. The summed E-state index contributed by atoms with van der Waals surface area (Å²) in [4.78, 5) is 39.5. The lowest BCUT2D eigenvalue weighted by atomic mass is 9.72. The van der Waals surface area contributed by atoms with E-state index >= 15 is 0 Å². The van der Waals surface area contributed by atoms with E-state index in [-0.39, 0.29) is 16.9 Å². The van der Waals surface area contributed by atoms with Gasteiger partial charge in [-0.25, -0.2) is 19.5 Å². The summed E-state index contributed by atoms with van der Waals surface area (Å²) in [5.74, 6) is 0.142. The summed E-state index contributed by atoms with van der Waals surface area (Å²) in [6.07, 6.45) is 14.2. The van der Waals surface area contributed by atoms with Crippen molar-refractivity contribution in [2.45, 2.75) is 78.4 Å². The van der Waals surface area contributed by atoms with Crippen molar-refractivity contribution in [3.63, 3.8) is 0 Å². The van der Waals surface area contributed by atoms with Gasteiger partial charge in [-0.1, -0.05) is 55.4 Å². The highest BCUT2D eigenvalue weighted by atomic mass is 31.2. The van der Waals surface area contributed by atoms with Crippen LogP contribution >= 0.6 is 7.82 Å². The van der Waals surface area contributed by atoms with Crippen molar-refractivity contribution in [3.8, 4) is 0 Å². The van der Waals surface area contributed by atoms with E-state index in [0.29, 0.717) is 5.52 Å². The molecule has 0 unspecified atom stereocenters. The second-order valence-corrected chi connectivity index (χ2v) is 12.7. The number of carbonyl (C=O) groups excluding carboxylic acids is 1. The van der Waals surface area contributed by atoms with Crippen LogP contribution in [0.4, 0.5) is 5.82 Å². The average Bonchev–Trinajstić information content (AvgIpc) is 3.48. The summed E-state index contributed by atoms with van der Waals surface area (Å²) in [6, 6.07) is 0. The molecule has 0 saturated carbocycles. The van der Waals surface area contributed by atoms with Gasteiger partial charge < -0.3 is 30.5 Å². The maximum atomic E-state index is 10.7. The number of fused-ring (bicyclic) bond motifs is 1. The van der Waals surface area contributed by atoms with Crippen LogP contribution in [0.15, 0.2) is 71.4 Å². The molecule has 0 radical (unpaired) electrons. The molecule has 1 saturated heterocycles. The Morgan fingerprint density at radius 1 is 1.16 bits per heavy atom. The molecule has 2 aliphatic rings. The molecule has 14 heteroatoms. The molecule has 1 fully saturated rings. The normalized spacial score (nSPS) is 24.8. The average molecular weight is 632 g/mol. The molecule has 0 amide bonds. The molecular weight excluding hydrogens is 589 g/mol. The summed E-state index contributed by atoms with van der Waals surface area (Å²) >= 11 is 0. The molecule has 6 N–H and O–H groups in total. The quantitative estimate of drug-likeness (QED) is 0.116. The van der Waals surface area contributed by atoms with Crippen molar-refractivity contribution in [2.75, 3.05) is 12.3 Å². The second kappa shape index (κ2) is 15.1. The SMILES string of the molecule is CC(C=CC=C(C)C=CC1=C(C)CCCC1(C)C)=CC=O.Nc1ncnc2c1ncn2[C@@H]1O[C@H](COP(=O)(O)O)[C@@H](O)[C@H]1O. The van der Waals surface area contributed by atoms with Crippen LogP contribution in [0.3, 0.4) is 0 Å². The summed E-state index contributed by atoms with van der Waals surface area (Å²) < 4.78 is 21.8. The van der Waals surface area contributed by atoms with E-state index in [1.165, 1.54) is 53.2 Å². The third-order valence-electron chi connectivity index (χ3n) is 7.51. The zero-order valence-electron chi connectivity index (χ0n) is 25.6. The Morgan fingerprint density at radius 2 is 1.86 bits per heavy atom. The number of aldehydes is 1. The Kier molecular flexibility index (Phi) is 12.1. The monoisotopic (exact) mass is 631 g/mol. The first kappa shape index (κ1) is 35.2. The zero-order valence-corrected chi connectivity index (χ0v) is 26.5. The van der Waals surface area contributed by atoms with Crippen LogP contribution in [0.5, 0.6) is 0 Å². The molecule has 0 spiro atoms. The lowest BCUT2D eigenvalue weighted by Gasteiger charge is -2.32. The number of allylic oxidation sites excluding steroid dienone is 10.